The fourth-order valence-electron chi connectivity index (χ4n) is 1.28. The first-order chi connectivity index (χ1) is 8.32. The van der Waals surface area contributed by atoms with Crippen LogP contribution in [0.1, 0.15) is 33.1 Å². The van der Waals surface area contributed by atoms with Crippen LogP contribution in [0, 0.1) is 0 Å². The van der Waals surface area contributed by atoms with Crippen LogP contribution in [0.3, 0.4) is 0 Å². The molecule has 0 saturated carbocycles. The van der Waals surface area contributed by atoms with Crippen molar-refractivity contribution in [2.45, 2.75) is 45.2 Å². The molecule has 2 amide bonds. The predicted octanol–water partition coefficient (Wildman–Crippen LogP) is -0.791. The van der Waals surface area contributed by atoms with Gasteiger partial charge in [-0.05, 0) is 6.42 Å². The third-order valence-corrected chi connectivity index (χ3v) is 2.22. The van der Waals surface area contributed by atoms with Crippen molar-refractivity contribution in [3.63, 3.8) is 0 Å². The molecule has 0 aromatic carbocycles. The molecule has 0 rings (SSSR count). The van der Waals surface area contributed by atoms with Crippen LogP contribution < -0.4 is 16.4 Å². The van der Waals surface area contributed by atoms with Crippen LogP contribution in [-0.4, -0.2) is 41.5 Å². The lowest BCUT2D eigenvalue weighted by Crippen LogP contribution is -2.42. The Morgan fingerprint density at radius 1 is 1.22 bits per heavy atom. The van der Waals surface area contributed by atoms with E-state index >= 15 is 0 Å². The van der Waals surface area contributed by atoms with Crippen LogP contribution in [0.2, 0.25) is 0 Å². The standard InChI is InChI=1S/C11H21N3O4/c1-7(2)13-6-5-10(16)14-8(11(17)18)3-4-9(12)15/h7-8,13H,3-6H2,1-2H3,(H2,12,15)(H,14,16)(H,17,18)/t8-/m1/s1. The van der Waals surface area contributed by atoms with Gasteiger partial charge in [-0.1, -0.05) is 13.8 Å². The molecule has 104 valence electrons. The number of hydrogen-bond donors (Lipinski definition) is 4. The SMILES string of the molecule is CC(C)NCCC(=O)N[C@H](CCC(N)=O)C(=O)O. The number of rotatable bonds is 9. The number of carboxylic acid groups (broad SMARTS) is 1. The number of carboxylic acids is 1. The van der Waals surface area contributed by atoms with Crippen LogP contribution in [0.25, 0.3) is 0 Å². The average molecular weight is 259 g/mol. The van der Waals surface area contributed by atoms with Crippen LogP contribution in [0.15, 0.2) is 0 Å². The first-order valence-corrected chi connectivity index (χ1v) is 5.86. The number of nitrogens with one attached hydrogen (secondary N) is 2. The van der Waals surface area contributed by atoms with E-state index in [0.29, 0.717) is 6.54 Å². The third kappa shape index (κ3) is 8.51. The van der Waals surface area contributed by atoms with Gasteiger partial charge in [0.05, 0.1) is 0 Å². The third-order valence-electron chi connectivity index (χ3n) is 2.22. The molecule has 7 nitrogen and oxygen atoms in total. The van der Waals surface area contributed by atoms with Gasteiger partial charge in [0.2, 0.25) is 11.8 Å². The summed E-state index contributed by atoms with van der Waals surface area (Å²) in [5, 5.41) is 14.3. The molecule has 0 radical (unpaired) electrons. The number of hydrogen-bond acceptors (Lipinski definition) is 4. The van der Waals surface area contributed by atoms with E-state index in [1.165, 1.54) is 0 Å². The Balaban J connectivity index is 4.04. The van der Waals surface area contributed by atoms with Gasteiger partial charge < -0.3 is 21.5 Å². The highest BCUT2D eigenvalue weighted by Gasteiger charge is 2.20. The normalized spacial score (nSPS) is 12.2. The minimum Gasteiger partial charge on any atom is -0.480 e. The van der Waals surface area contributed by atoms with E-state index < -0.39 is 17.9 Å². The molecule has 0 aliphatic carbocycles. The molecule has 18 heavy (non-hydrogen) atoms. The van der Waals surface area contributed by atoms with Crippen molar-refractivity contribution in [3.8, 4) is 0 Å². The van der Waals surface area contributed by atoms with Gasteiger partial charge in [0, 0.05) is 25.4 Å². The lowest BCUT2D eigenvalue weighted by molar-refractivity contribution is -0.142. The first kappa shape index (κ1) is 16.4. The van der Waals surface area contributed by atoms with E-state index in [9.17, 15) is 14.4 Å². The summed E-state index contributed by atoms with van der Waals surface area (Å²) < 4.78 is 0. The smallest absolute Gasteiger partial charge is 0.326 e. The zero-order chi connectivity index (χ0) is 14.1. The van der Waals surface area contributed by atoms with Crippen molar-refractivity contribution in [2.24, 2.45) is 5.73 Å². The zero-order valence-corrected chi connectivity index (χ0v) is 10.7. The summed E-state index contributed by atoms with van der Waals surface area (Å²) in [5.41, 5.74) is 4.93. The number of amides is 2. The molecule has 0 aromatic heterocycles. The molecule has 5 N–H and O–H groups in total. The Kier molecular flexibility index (Phi) is 7.69. The second-order valence-corrected chi connectivity index (χ2v) is 4.32. The Labute approximate surface area is 106 Å². The van der Waals surface area contributed by atoms with Crippen molar-refractivity contribution >= 4 is 17.8 Å². The molecule has 0 heterocycles. The number of nitrogens with two attached hydrogens (primary N) is 1. The summed E-state index contributed by atoms with van der Waals surface area (Å²) in [5.74, 6) is -2.11. The van der Waals surface area contributed by atoms with Crippen molar-refractivity contribution < 1.29 is 19.5 Å². The molecule has 1 atom stereocenters. The topological polar surface area (TPSA) is 122 Å². The minimum atomic E-state index is -1.17. The number of carbonyl (C=O) groups excluding carboxylic acids is 2. The number of aliphatic carboxylic acids is 1. The number of carbonyl (C=O) groups is 3. The van der Waals surface area contributed by atoms with E-state index in [1.807, 2.05) is 13.8 Å². The highest BCUT2D eigenvalue weighted by molar-refractivity contribution is 5.84. The molecule has 7 heteroatoms. The maximum absolute atomic E-state index is 11.5. The van der Waals surface area contributed by atoms with E-state index in [0.717, 1.165) is 0 Å². The molecular formula is C11H21N3O4. The summed E-state index contributed by atoms with van der Waals surface area (Å²) >= 11 is 0. The first-order valence-electron chi connectivity index (χ1n) is 5.86. The highest BCUT2D eigenvalue weighted by atomic mass is 16.4. The van der Waals surface area contributed by atoms with E-state index in [4.69, 9.17) is 10.8 Å². The van der Waals surface area contributed by atoms with Crippen LogP contribution in [-0.2, 0) is 14.4 Å². The van der Waals surface area contributed by atoms with E-state index in [1.54, 1.807) is 0 Å². The van der Waals surface area contributed by atoms with Gasteiger partial charge in [0.1, 0.15) is 6.04 Å². The summed E-state index contributed by atoms with van der Waals surface area (Å²) in [6.45, 7) is 4.38. The van der Waals surface area contributed by atoms with Gasteiger partial charge in [-0.15, -0.1) is 0 Å². The van der Waals surface area contributed by atoms with Gasteiger partial charge in [-0.3, -0.25) is 9.59 Å². The van der Waals surface area contributed by atoms with Gasteiger partial charge >= 0.3 is 5.97 Å². The lowest BCUT2D eigenvalue weighted by Gasteiger charge is -2.14. The van der Waals surface area contributed by atoms with Crippen molar-refractivity contribution in [2.75, 3.05) is 6.54 Å². The van der Waals surface area contributed by atoms with Gasteiger partial charge in [0.15, 0.2) is 0 Å². The molecule has 0 saturated heterocycles. The minimum absolute atomic E-state index is 0.00795. The second kappa shape index (κ2) is 8.46. The van der Waals surface area contributed by atoms with E-state index in [-0.39, 0.29) is 31.2 Å². The van der Waals surface area contributed by atoms with Gasteiger partial charge in [-0.2, -0.15) is 0 Å². The maximum Gasteiger partial charge on any atom is 0.326 e. The summed E-state index contributed by atoms with van der Waals surface area (Å²) in [7, 11) is 0. The summed E-state index contributed by atoms with van der Waals surface area (Å²) in [4.78, 5) is 32.9. The molecule has 0 unspecified atom stereocenters. The highest BCUT2D eigenvalue weighted by Crippen LogP contribution is 1.98. The molecule has 0 aliphatic rings. The Hall–Kier alpha value is -1.63. The summed E-state index contributed by atoms with van der Waals surface area (Å²) in [6, 6.07) is -0.799. The van der Waals surface area contributed by atoms with Crippen LogP contribution in [0.4, 0.5) is 0 Å². The Bertz CT molecular complexity index is 305. The van der Waals surface area contributed by atoms with Gasteiger partial charge in [-0.25, -0.2) is 4.79 Å². The van der Waals surface area contributed by atoms with Crippen LogP contribution in [0.5, 0.6) is 0 Å². The van der Waals surface area contributed by atoms with Crippen molar-refractivity contribution in [1.29, 1.82) is 0 Å². The van der Waals surface area contributed by atoms with Crippen molar-refractivity contribution in [1.82, 2.24) is 10.6 Å². The summed E-state index contributed by atoms with van der Waals surface area (Å²) in [6.07, 6.45) is 0.133. The van der Waals surface area contributed by atoms with Crippen molar-refractivity contribution in [3.05, 3.63) is 0 Å². The monoisotopic (exact) mass is 259 g/mol. The van der Waals surface area contributed by atoms with E-state index in [2.05, 4.69) is 10.6 Å². The fourth-order valence-corrected chi connectivity index (χ4v) is 1.28. The largest absolute Gasteiger partial charge is 0.480 e. The second-order valence-electron chi connectivity index (χ2n) is 4.32. The quantitative estimate of drug-likeness (QED) is 0.432. The average Bonchev–Trinajstić information content (AvgIpc) is 2.22. The zero-order valence-electron chi connectivity index (χ0n) is 10.7. The lowest BCUT2D eigenvalue weighted by atomic mass is 10.1. The maximum atomic E-state index is 11.5. The number of primary amides is 1. The molecule has 0 aromatic rings. The fraction of sp³-hybridized carbons (Fsp3) is 0.727. The molecule has 0 bridgehead atoms. The Morgan fingerprint density at radius 3 is 2.28 bits per heavy atom. The predicted molar refractivity (Wildman–Crippen MR) is 65.8 cm³/mol. The Morgan fingerprint density at radius 2 is 1.83 bits per heavy atom. The molecule has 0 aliphatic heterocycles. The van der Waals surface area contributed by atoms with Gasteiger partial charge in [0.25, 0.3) is 0 Å². The molecular weight excluding hydrogens is 238 g/mol. The molecule has 0 fully saturated rings. The molecule has 0 spiro atoms. The van der Waals surface area contributed by atoms with Crippen LogP contribution >= 0.6 is 0 Å².